The second kappa shape index (κ2) is 6.36. The summed E-state index contributed by atoms with van der Waals surface area (Å²) in [5.74, 6) is 0.535. The molecule has 0 aromatic rings. The molecule has 1 amide bonds. The van der Waals surface area contributed by atoms with Crippen molar-refractivity contribution in [1.82, 2.24) is 4.90 Å². The molecule has 17 heavy (non-hydrogen) atoms. The summed E-state index contributed by atoms with van der Waals surface area (Å²) in [6.07, 6.45) is 7.31. The summed E-state index contributed by atoms with van der Waals surface area (Å²) in [5.41, 5.74) is 6.16. The normalized spacial score (nSPS) is 25.4. The zero-order valence-electron chi connectivity index (χ0n) is 10.6. The van der Waals surface area contributed by atoms with Crippen molar-refractivity contribution in [3.8, 4) is 0 Å². The molecule has 0 radical (unpaired) electrons. The van der Waals surface area contributed by atoms with Gasteiger partial charge in [0.15, 0.2) is 0 Å². The molecular weight excluding hydrogens is 216 g/mol. The number of hydrogen-bond acceptors (Lipinski definition) is 3. The number of carbonyl (C=O) groups is 1. The van der Waals surface area contributed by atoms with E-state index in [-0.39, 0.29) is 11.9 Å². The lowest BCUT2D eigenvalue weighted by Crippen LogP contribution is -2.51. The molecule has 4 heteroatoms. The Hall–Kier alpha value is -0.610. The molecule has 2 aliphatic rings. The van der Waals surface area contributed by atoms with Gasteiger partial charge in [0.05, 0.1) is 19.3 Å². The maximum absolute atomic E-state index is 12.3. The van der Waals surface area contributed by atoms with Crippen LogP contribution in [0.1, 0.15) is 38.5 Å². The number of nitrogens with two attached hydrogens (primary N) is 1. The van der Waals surface area contributed by atoms with Crippen molar-refractivity contribution in [2.45, 2.75) is 44.6 Å². The molecule has 4 nitrogen and oxygen atoms in total. The van der Waals surface area contributed by atoms with E-state index < -0.39 is 0 Å². The summed E-state index contributed by atoms with van der Waals surface area (Å²) in [4.78, 5) is 14.1. The van der Waals surface area contributed by atoms with Crippen molar-refractivity contribution in [1.29, 1.82) is 0 Å². The smallest absolute Gasteiger partial charge is 0.239 e. The maximum atomic E-state index is 12.3. The lowest BCUT2D eigenvalue weighted by molar-refractivity contribution is -0.138. The van der Waals surface area contributed by atoms with Gasteiger partial charge in [0.25, 0.3) is 0 Å². The summed E-state index contributed by atoms with van der Waals surface area (Å²) in [6, 6.07) is -0.286. The van der Waals surface area contributed by atoms with Crippen LogP contribution in [0.4, 0.5) is 0 Å². The molecule has 1 aliphatic heterocycles. The fraction of sp³-hybridized carbons (Fsp3) is 0.923. The van der Waals surface area contributed by atoms with Crippen LogP contribution in [0.3, 0.4) is 0 Å². The SMILES string of the molecule is NC(C(=O)N1CCOCC1)C1CCCCCC1. The summed E-state index contributed by atoms with van der Waals surface area (Å²) in [7, 11) is 0. The molecule has 1 unspecified atom stereocenters. The van der Waals surface area contributed by atoms with E-state index in [1.165, 1.54) is 25.7 Å². The molecule has 2 N–H and O–H groups in total. The Labute approximate surface area is 103 Å². The fourth-order valence-corrected chi connectivity index (χ4v) is 2.87. The van der Waals surface area contributed by atoms with Crippen molar-refractivity contribution < 1.29 is 9.53 Å². The van der Waals surface area contributed by atoms with Gasteiger partial charge in [0.1, 0.15) is 0 Å². The Morgan fingerprint density at radius 1 is 1.12 bits per heavy atom. The minimum Gasteiger partial charge on any atom is -0.378 e. The van der Waals surface area contributed by atoms with Crippen LogP contribution < -0.4 is 5.73 Å². The molecule has 1 heterocycles. The van der Waals surface area contributed by atoms with E-state index in [0.717, 1.165) is 12.8 Å². The Morgan fingerprint density at radius 3 is 2.29 bits per heavy atom. The quantitative estimate of drug-likeness (QED) is 0.736. The predicted molar refractivity (Wildman–Crippen MR) is 66.6 cm³/mol. The Kier molecular flexibility index (Phi) is 4.80. The number of morpholine rings is 1. The first-order valence-corrected chi connectivity index (χ1v) is 6.91. The van der Waals surface area contributed by atoms with Crippen LogP contribution in [-0.2, 0) is 9.53 Å². The van der Waals surface area contributed by atoms with E-state index in [9.17, 15) is 4.79 Å². The highest BCUT2D eigenvalue weighted by molar-refractivity contribution is 5.82. The minimum atomic E-state index is -0.286. The van der Waals surface area contributed by atoms with Crippen molar-refractivity contribution >= 4 is 5.91 Å². The minimum absolute atomic E-state index is 0.139. The summed E-state index contributed by atoms with van der Waals surface area (Å²) in [6.45, 7) is 2.73. The Balaban J connectivity index is 1.88. The maximum Gasteiger partial charge on any atom is 0.239 e. The Bertz CT molecular complexity index is 244. The average molecular weight is 240 g/mol. The van der Waals surface area contributed by atoms with Crippen LogP contribution >= 0.6 is 0 Å². The number of carbonyl (C=O) groups excluding carboxylic acids is 1. The predicted octanol–water partition coefficient (Wildman–Crippen LogP) is 1.14. The third-order valence-corrected chi connectivity index (χ3v) is 4.02. The van der Waals surface area contributed by atoms with E-state index in [0.29, 0.717) is 32.2 Å². The Morgan fingerprint density at radius 2 is 1.71 bits per heavy atom. The molecule has 0 spiro atoms. The zero-order valence-corrected chi connectivity index (χ0v) is 10.6. The third kappa shape index (κ3) is 3.42. The van der Waals surface area contributed by atoms with Gasteiger partial charge in [-0.05, 0) is 18.8 Å². The molecule has 1 aliphatic carbocycles. The number of ether oxygens (including phenoxy) is 1. The molecule has 1 saturated heterocycles. The molecule has 0 aromatic carbocycles. The van der Waals surface area contributed by atoms with E-state index in [1.54, 1.807) is 0 Å². The van der Waals surface area contributed by atoms with Crippen molar-refractivity contribution in [2.75, 3.05) is 26.3 Å². The van der Waals surface area contributed by atoms with Crippen LogP contribution in [0.15, 0.2) is 0 Å². The number of rotatable bonds is 2. The van der Waals surface area contributed by atoms with Crippen molar-refractivity contribution in [2.24, 2.45) is 11.7 Å². The van der Waals surface area contributed by atoms with Gasteiger partial charge in [-0.25, -0.2) is 0 Å². The first kappa shape index (κ1) is 12.8. The molecule has 1 atom stereocenters. The van der Waals surface area contributed by atoms with Gasteiger partial charge in [-0.2, -0.15) is 0 Å². The van der Waals surface area contributed by atoms with E-state index in [1.807, 2.05) is 4.90 Å². The van der Waals surface area contributed by atoms with Gasteiger partial charge in [0.2, 0.25) is 5.91 Å². The summed E-state index contributed by atoms with van der Waals surface area (Å²) < 4.78 is 5.26. The topological polar surface area (TPSA) is 55.6 Å². The molecule has 2 rings (SSSR count). The first-order chi connectivity index (χ1) is 8.29. The summed E-state index contributed by atoms with van der Waals surface area (Å²) >= 11 is 0. The van der Waals surface area contributed by atoms with Gasteiger partial charge in [-0.15, -0.1) is 0 Å². The lowest BCUT2D eigenvalue weighted by Gasteiger charge is -2.31. The van der Waals surface area contributed by atoms with E-state index in [4.69, 9.17) is 10.5 Å². The van der Waals surface area contributed by atoms with Crippen LogP contribution in [0.2, 0.25) is 0 Å². The molecule has 1 saturated carbocycles. The summed E-state index contributed by atoms with van der Waals surface area (Å²) in [5, 5.41) is 0. The first-order valence-electron chi connectivity index (χ1n) is 6.91. The van der Waals surface area contributed by atoms with Gasteiger partial charge in [-0.3, -0.25) is 4.79 Å². The third-order valence-electron chi connectivity index (χ3n) is 4.02. The average Bonchev–Trinajstić information content (AvgIpc) is 2.67. The van der Waals surface area contributed by atoms with Crippen LogP contribution in [-0.4, -0.2) is 43.2 Å². The second-order valence-corrected chi connectivity index (χ2v) is 5.22. The van der Waals surface area contributed by atoms with Crippen molar-refractivity contribution in [3.05, 3.63) is 0 Å². The molecule has 98 valence electrons. The highest BCUT2D eigenvalue weighted by Gasteiger charge is 2.29. The highest BCUT2D eigenvalue weighted by Crippen LogP contribution is 2.25. The number of nitrogens with zero attached hydrogens (tertiary/aromatic N) is 1. The number of amides is 1. The highest BCUT2D eigenvalue weighted by atomic mass is 16.5. The fourth-order valence-electron chi connectivity index (χ4n) is 2.87. The molecule has 0 aromatic heterocycles. The van der Waals surface area contributed by atoms with Gasteiger partial charge >= 0.3 is 0 Å². The van der Waals surface area contributed by atoms with Crippen LogP contribution in [0.25, 0.3) is 0 Å². The second-order valence-electron chi connectivity index (χ2n) is 5.22. The van der Waals surface area contributed by atoms with E-state index in [2.05, 4.69) is 0 Å². The van der Waals surface area contributed by atoms with Crippen molar-refractivity contribution in [3.63, 3.8) is 0 Å². The number of hydrogen-bond donors (Lipinski definition) is 1. The molecule has 0 bridgehead atoms. The zero-order chi connectivity index (χ0) is 12.1. The van der Waals surface area contributed by atoms with Gasteiger partial charge < -0.3 is 15.4 Å². The monoisotopic (exact) mass is 240 g/mol. The largest absolute Gasteiger partial charge is 0.378 e. The van der Waals surface area contributed by atoms with Gasteiger partial charge in [-0.1, -0.05) is 25.7 Å². The van der Waals surface area contributed by atoms with E-state index >= 15 is 0 Å². The standard InChI is InChI=1S/C13H24N2O2/c14-12(11-5-3-1-2-4-6-11)13(16)15-7-9-17-10-8-15/h11-12H,1-10,14H2. The molecule has 2 fully saturated rings. The van der Waals surface area contributed by atoms with Crippen LogP contribution in [0.5, 0.6) is 0 Å². The molecular formula is C13H24N2O2. The lowest BCUT2D eigenvalue weighted by atomic mass is 9.91. The van der Waals surface area contributed by atoms with Gasteiger partial charge in [0, 0.05) is 13.1 Å². The van der Waals surface area contributed by atoms with Crippen LogP contribution in [0, 0.1) is 5.92 Å².